The van der Waals surface area contributed by atoms with Crippen molar-refractivity contribution in [3.63, 3.8) is 0 Å². The molecule has 0 aliphatic carbocycles. The van der Waals surface area contributed by atoms with Gasteiger partial charge in [0.15, 0.2) is 0 Å². The van der Waals surface area contributed by atoms with E-state index in [9.17, 15) is 0 Å². The Hall–Kier alpha value is -1.32. The predicted molar refractivity (Wildman–Crippen MR) is 77.9 cm³/mol. The van der Waals surface area contributed by atoms with Crippen molar-refractivity contribution < 1.29 is 4.74 Å². The summed E-state index contributed by atoms with van der Waals surface area (Å²) in [6.07, 6.45) is 1.04. The molecule has 18 heavy (non-hydrogen) atoms. The van der Waals surface area contributed by atoms with E-state index in [0.717, 1.165) is 28.0 Å². The van der Waals surface area contributed by atoms with Crippen LogP contribution in [0.25, 0.3) is 0 Å². The normalized spacial score (nSPS) is 10.4. The third kappa shape index (κ3) is 3.34. The molecule has 2 nitrogen and oxygen atoms in total. The fourth-order valence-electron chi connectivity index (χ4n) is 1.73. The van der Waals surface area contributed by atoms with E-state index in [-0.39, 0.29) is 0 Å². The molecule has 94 valence electrons. The van der Waals surface area contributed by atoms with E-state index in [0.29, 0.717) is 6.54 Å². The van der Waals surface area contributed by atoms with Gasteiger partial charge < -0.3 is 10.5 Å². The van der Waals surface area contributed by atoms with Gasteiger partial charge in [-0.15, -0.1) is 0 Å². The first-order valence-corrected chi connectivity index (χ1v) is 6.77. The molecule has 0 amide bonds. The quantitative estimate of drug-likeness (QED) is 0.916. The van der Waals surface area contributed by atoms with Gasteiger partial charge in [0.05, 0.1) is 0 Å². The molecule has 0 radical (unpaired) electrons. The Morgan fingerprint density at radius 2 is 1.72 bits per heavy atom. The molecule has 2 aromatic rings. The van der Waals surface area contributed by atoms with Gasteiger partial charge in [0, 0.05) is 11.0 Å². The Morgan fingerprint density at radius 1 is 1.00 bits per heavy atom. The highest BCUT2D eigenvalue weighted by Crippen LogP contribution is 2.26. The second-order valence-electron chi connectivity index (χ2n) is 4.10. The number of aryl methyl sites for hydroxylation is 1. The van der Waals surface area contributed by atoms with Gasteiger partial charge in [0.25, 0.3) is 0 Å². The fraction of sp³-hybridized carbons (Fsp3) is 0.200. The summed E-state index contributed by atoms with van der Waals surface area (Å²) in [7, 11) is 0. The lowest BCUT2D eigenvalue weighted by Crippen LogP contribution is -1.96. The molecule has 2 rings (SSSR count). The maximum Gasteiger partial charge on any atom is 0.128 e. The van der Waals surface area contributed by atoms with Crippen LogP contribution in [0.2, 0.25) is 0 Å². The Balaban J connectivity index is 2.19. The molecular weight excluding hydrogens is 290 g/mol. The lowest BCUT2D eigenvalue weighted by Gasteiger charge is -2.08. The van der Waals surface area contributed by atoms with Gasteiger partial charge in [-0.25, -0.2) is 0 Å². The van der Waals surface area contributed by atoms with E-state index >= 15 is 0 Å². The summed E-state index contributed by atoms with van der Waals surface area (Å²) in [4.78, 5) is 0. The average molecular weight is 306 g/mol. The van der Waals surface area contributed by atoms with Crippen molar-refractivity contribution in [1.29, 1.82) is 0 Å². The smallest absolute Gasteiger partial charge is 0.128 e. The number of ether oxygens (including phenoxy) is 1. The molecule has 0 atom stereocenters. The molecule has 0 saturated heterocycles. The fourth-order valence-corrected chi connectivity index (χ4v) is 2.25. The van der Waals surface area contributed by atoms with Crippen molar-refractivity contribution in [2.45, 2.75) is 19.9 Å². The van der Waals surface area contributed by atoms with Crippen molar-refractivity contribution in [3.8, 4) is 11.5 Å². The zero-order valence-corrected chi connectivity index (χ0v) is 11.9. The molecule has 0 bridgehead atoms. The van der Waals surface area contributed by atoms with Gasteiger partial charge in [-0.2, -0.15) is 0 Å². The summed E-state index contributed by atoms with van der Waals surface area (Å²) < 4.78 is 6.79. The van der Waals surface area contributed by atoms with Crippen LogP contribution in [-0.4, -0.2) is 0 Å². The van der Waals surface area contributed by atoms with Crippen LogP contribution in [0.5, 0.6) is 11.5 Å². The van der Waals surface area contributed by atoms with Crippen LogP contribution in [0, 0.1) is 0 Å². The molecule has 0 aromatic heterocycles. The van der Waals surface area contributed by atoms with Crippen molar-refractivity contribution in [3.05, 3.63) is 58.1 Å². The minimum absolute atomic E-state index is 0.505. The lowest BCUT2D eigenvalue weighted by molar-refractivity contribution is 0.481. The second kappa shape index (κ2) is 6.03. The van der Waals surface area contributed by atoms with Gasteiger partial charge in [0.1, 0.15) is 11.5 Å². The summed E-state index contributed by atoms with van der Waals surface area (Å²) in [5.41, 5.74) is 7.99. The topological polar surface area (TPSA) is 35.2 Å². The van der Waals surface area contributed by atoms with Crippen molar-refractivity contribution in [2.24, 2.45) is 5.73 Å². The second-order valence-corrected chi connectivity index (χ2v) is 5.01. The molecule has 0 fully saturated rings. The monoisotopic (exact) mass is 305 g/mol. The highest BCUT2D eigenvalue weighted by Gasteiger charge is 2.01. The molecular formula is C15H16BrNO. The SMILES string of the molecule is CCc1ccc(Oc2cc(Br)cc(CN)c2)cc1. The Kier molecular flexibility index (Phi) is 4.39. The molecule has 0 saturated carbocycles. The van der Waals surface area contributed by atoms with Crippen molar-refractivity contribution >= 4 is 15.9 Å². The van der Waals surface area contributed by atoms with Crippen LogP contribution in [0.1, 0.15) is 18.1 Å². The molecule has 3 heteroatoms. The van der Waals surface area contributed by atoms with Crippen LogP contribution in [-0.2, 0) is 13.0 Å². The van der Waals surface area contributed by atoms with E-state index in [4.69, 9.17) is 10.5 Å². The molecule has 0 spiro atoms. The third-order valence-electron chi connectivity index (χ3n) is 2.73. The third-order valence-corrected chi connectivity index (χ3v) is 3.19. The largest absolute Gasteiger partial charge is 0.457 e. The number of hydrogen-bond donors (Lipinski definition) is 1. The van der Waals surface area contributed by atoms with Crippen LogP contribution in [0.3, 0.4) is 0 Å². The average Bonchev–Trinajstić information content (AvgIpc) is 2.39. The first-order chi connectivity index (χ1) is 8.71. The van der Waals surface area contributed by atoms with Crippen LogP contribution in [0.4, 0.5) is 0 Å². The number of benzene rings is 2. The van der Waals surface area contributed by atoms with E-state index in [1.807, 2.05) is 30.3 Å². The molecule has 0 unspecified atom stereocenters. The highest BCUT2D eigenvalue weighted by molar-refractivity contribution is 9.10. The van der Waals surface area contributed by atoms with E-state index < -0.39 is 0 Å². The Bertz CT molecular complexity index is 523. The first kappa shape index (κ1) is 13.1. The highest BCUT2D eigenvalue weighted by atomic mass is 79.9. The Morgan fingerprint density at radius 3 is 2.33 bits per heavy atom. The summed E-state index contributed by atoms with van der Waals surface area (Å²) >= 11 is 3.45. The summed E-state index contributed by atoms with van der Waals surface area (Å²) in [6, 6.07) is 14.0. The lowest BCUT2D eigenvalue weighted by atomic mass is 10.2. The molecule has 0 heterocycles. The van der Waals surface area contributed by atoms with Gasteiger partial charge in [-0.05, 0) is 47.9 Å². The number of halogens is 1. The summed E-state index contributed by atoms with van der Waals surface area (Å²) in [6.45, 7) is 2.64. The first-order valence-electron chi connectivity index (χ1n) is 5.97. The minimum Gasteiger partial charge on any atom is -0.457 e. The summed E-state index contributed by atoms with van der Waals surface area (Å²) in [5, 5.41) is 0. The predicted octanol–water partition coefficient (Wildman–Crippen LogP) is 4.26. The maximum absolute atomic E-state index is 5.82. The summed E-state index contributed by atoms with van der Waals surface area (Å²) in [5.74, 6) is 1.64. The van der Waals surface area contributed by atoms with E-state index in [1.165, 1.54) is 5.56 Å². The number of hydrogen-bond acceptors (Lipinski definition) is 2. The van der Waals surface area contributed by atoms with Crippen molar-refractivity contribution in [2.75, 3.05) is 0 Å². The van der Waals surface area contributed by atoms with Gasteiger partial charge >= 0.3 is 0 Å². The number of rotatable bonds is 4. The minimum atomic E-state index is 0.505. The molecule has 0 aliphatic rings. The van der Waals surface area contributed by atoms with E-state index in [1.54, 1.807) is 0 Å². The van der Waals surface area contributed by atoms with Gasteiger partial charge in [-0.1, -0.05) is 35.0 Å². The van der Waals surface area contributed by atoms with Gasteiger partial charge in [-0.3, -0.25) is 0 Å². The Labute approximate surface area is 116 Å². The molecule has 2 aromatic carbocycles. The zero-order chi connectivity index (χ0) is 13.0. The van der Waals surface area contributed by atoms with Crippen molar-refractivity contribution in [1.82, 2.24) is 0 Å². The molecule has 2 N–H and O–H groups in total. The van der Waals surface area contributed by atoms with Crippen LogP contribution in [0.15, 0.2) is 46.9 Å². The maximum atomic E-state index is 5.82. The van der Waals surface area contributed by atoms with Crippen LogP contribution < -0.4 is 10.5 Å². The van der Waals surface area contributed by atoms with Crippen LogP contribution >= 0.6 is 15.9 Å². The van der Waals surface area contributed by atoms with E-state index in [2.05, 4.69) is 35.0 Å². The number of nitrogens with two attached hydrogens (primary N) is 1. The standard InChI is InChI=1S/C15H16BrNO/c1-2-11-3-5-14(6-4-11)18-15-8-12(10-17)7-13(16)9-15/h3-9H,2,10,17H2,1H3. The van der Waals surface area contributed by atoms with Gasteiger partial charge in [0.2, 0.25) is 0 Å². The zero-order valence-electron chi connectivity index (χ0n) is 10.3. The molecule has 0 aliphatic heterocycles.